The predicted molar refractivity (Wildman–Crippen MR) is 254 cm³/mol. The van der Waals surface area contributed by atoms with Gasteiger partial charge in [-0.05, 0) is 113 Å². The van der Waals surface area contributed by atoms with E-state index in [0.29, 0.717) is 65.9 Å². The van der Waals surface area contributed by atoms with E-state index in [0.717, 1.165) is 28.2 Å². The number of carbonyl (C=O) groups is 3. The molecule has 2 bridgehead atoms. The number of ketones is 1. The summed E-state index contributed by atoms with van der Waals surface area (Å²) in [5.74, 6) is -0.206. The van der Waals surface area contributed by atoms with E-state index in [1.165, 1.54) is 7.11 Å². The molecule has 7 rings (SSSR count). The molecule has 0 aliphatic carbocycles. The Labute approximate surface area is 392 Å². The number of nitrogens with zero attached hydrogens (tertiary/aromatic N) is 5. The number of ether oxygens (including phenoxy) is 2. The Hall–Kier alpha value is -5.08. The highest BCUT2D eigenvalue weighted by atomic mass is 35.5. The van der Waals surface area contributed by atoms with E-state index in [1.54, 1.807) is 24.0 Å². The van der Waals surface area contributed by atoms with Gasteiger partial charge in [0.2, 0.25) is 11.8 Å². The van der Waals surface area contributed by atoms with Crippen molar-refractivity contribution in [1.29, 1.82) is 0 Å². The van der Waals surface area contributed by atoms with E-state index >= 15 is 0 Å². The molecule has 3 heterocycles. The number of rotatable bonds is 13. The number of benzene rings is 4. The molecule has 2 N–H and O–H groups in total. The highest BCUT2D eigenvalue weighted by Gasteiger charge is 2.43. The fraction of sp³-hybridized carbons (Fsp3) is 0.412. The number of hydrogen-bond donors (Lipinski definition) is 2. The number of methoxy groups -OCH3 is 1. The summed E-state index contributed by atoms with van der Waals surface area (Å²) in [6.07, 6.45) is 2.66. The van der Waals surface area contributed by atoms with E-state index in [1.807, 2.05) is 117 Å². The molecule has 5 atom stereocenters. The number of piperidine rings is 1. The number of imidazole rings is 1. The quantitative estimate of drug-likeness (QED) is 0.121. The van der Waals surface area contributed by atoms with Gasteiger partial charge < -0.3 is 34.3 Å². The second-order valence-corrected chi connectivity index (χ2v) is 18.8. The maximum absolute atomic E-state index is 15.0. The third kappa shape index (κ3) is 12.0. The Kier molecular flexibility index (Phi) is 15.8. The van der Waals surface area contributed by atoms with E-state index in [9.17, 15) is 19.5 Å². The van der Waals surface area contributed by atoms with Crippen LogP contribution in [-0.2, 0) is 52.1 Å². The summed E-state index contributed by atoms with van der Waals surface area (Å²) in [5.41, 5.74) is 3.71. The highest BCUT2D eigenvalue weighted by molar-refractivity contribution is 6.31. The summed E-state index contributed by atoms with van der Waals surface area (Å²) >= 11 is 12.8. The van der Waals surface area contributed by atoms with Crippen LogP contribution in [0, 0.1) is 11.8 Å². The number of Topliss-reactive ketones (excluding diaryl/α,β-unsaturated/α-hetero) is 1. The number of hydrogen-bond acceptors (Lipinski definition) is 9. The van der Waals surface area contributed by atoms with Crippen LogP contribution in [0.15, 0.2) is 103 Å². The van der Waals surface area contributed by atoms with Crippen molar-refractivity contribution in [3.63, 3.8) is 0 Å². The lowest BCUT2D eigenvalue weighted by Gasteiger charge is -2.45. The molecule has 1 unspecified atom stereocenters. The molecule has 0 spiro atoms. The lowest BCUT2D eigenvalue weighted by Crippen LogP contribution is -2.63. The minimum absolute atomic E-state index is 0.0114. The van der Waals surface area contributed by atoms with E-state index in [-0.39, 0.29) is 50.1 Å². The van der Waals surface area contributed by atoms with Gasteiger partial charge in [0.25, 0.3) is 0 Å². The van der Waals surface area contributed by atoms with Crippen molar-refractivity contribution in [1.82, 2.24) is 29.6 Å². The number of fused-ring (bicyclic) bond motifs is 2. The maximum Gasteiger partial charge on any atom is 0.226 e. The molecule has 2 aliphatic rings. The number of aromatic nitrogens is 2. The Balaban J connectivity index is 1.21. The van der Waals surface area contributed by atoms with Gasteiger partial charge in [0.05, 0.1) is 42.5 Å². The average Bonchev–Trinajstić information content (AvgIpc) is 3.64. The summed E-state index contributed by atoms with van der Waals surface area (Å²) in [6.45, 7) is 3.31. The first kappa shape index (κ1) is 47.9. The van der Waals surface area contributed by atoms with Gasteiger partial charge in [-0.15, -0.1) is 0 Å². The molecule has 2 fully saturated rings. The second-order valence-electron chi connectivity index (χ2n) is 17.9. The largest absolute Gasteiger partial charge is 0.457 e. The van der Waals surface area contributed by atoms with Crippen molar-refractivity contribution in [2.45, 2.75) is 76.3 Å². The normalized spacial score (nSPS) is 22.5. The highest BCUT2D eigenvalue weighted by Crippen LogP contribution is 2.35. The number of amides is 2. The maximum atomic E-state index is 15.0. The van der Waals surface area contributed by atoms with Crippen LogP contribution in [0.5, 0.6) is 11.5 Å². The van der Waals surface area contributed by atoms with Crippen molar-refractivity contribution in [2.75, 3.05) is 40.9 Å². The molecule has 0 saturated carbocycles. The summed E-state index contributed by atoms with van der Waals surface area (Å²) in [7, 11) is 7.53. The lowest BCUT2D eigenvalue weighted by molar-refractivity contribution is -0.145. The first-order valence-electron chi connectivity index (χ1n) is 22.3. The van der Waals surface area contributed by atoms with Gasteiger partial charge >= 0.3 is 0 Å². The number of aliphatic hydroxyl groups excluding tert-OH is 1. The van der Waals surface area contributed by atoms with Gasteiger partial charge in [0.15, 0.2) is 5.78 Å². The van der Waals surface area contributed by atoms with Gasteiger partial charge in [-0.3, -0.25) is 19.3 Å². The number of carbonyl (C=O) groups excluding carboxylic acids is 3. The van der Waals surface area contributed by atoms with Crippen molar-refractivity contribution in [2.24, 2.45) is 18.9 Å². The molecule has 5 aromatic rings. The zero-order valence-electron chi connectivity index (χ0n) is 37.9. The average molecular weight is 924 g/mol. The monoisotopic (exact) mass is 922 g/mol. The standard InChI is InChI=1S/C51H60Cl2N6O6/c1-34-45(60)25-40(32-64-5)49(62)55-51(28-36-12-17-41(52)18-13-36)22-9-23-58(33-51)50(63)39(24-35-10-7-6-8-11-35)26-48(61)59(34)30-38-14-19-42(53)27-46(38)65-43-20-15-37(16-21-43)44-29-54-47(57(44)4)31-56(2)3/h6-8,10-21,27,29,34,39-40,48,61H,9,22-26,28,30-33H2,1-5H3,(H,55,62)/t34-,39+,40-,48?,51+/m0/s1. The number of halogens is 2. The van der Waals surface area contributed by atoms with Crippen LogP contribution in [0.1, 0.15) is 55.1 Å². The first-order valence-corrected chi connectivity index (χ1v) is 23.0. The molecule has 1 aromatic heterocycles. The Morgan fingerprint density at radius 1 is 0.923 bits per heavy atom. The zero-order valence-corrected chi connectivity index (χ0v) is 39.4. The SMILES string of the molecule is COC[C@@H]1CC(=O)[C@H](C)N(Cc2ccc(Cl)cc2Oc2ccc(-c3cnc(CN(C)C)n3C)cc2)C(O)C[C@@H](Cc2ccccc2)C(=O)N2CCC[C@@](Cc3ccc(Cl)cc3)(C2)NC1=O. The van der Waals surface area contributed by atoms with Crippen LogP contribution >= 0.6 is 23.2 Å². The van der Waals surface area contributed by atoms with Crippen LogP contribution in [0.4, 0.5) is 0 Å². The van der Waals surface area contributed by atoms with Crippen LogP contribution in [-0.4, -0.2) is 106 Å². The molecular formula is C51H60Cl2N6O6. The van der Waals surface area contributed by atoms with Crippen molar-refractivity contribution in [3.8, 4) is 22.8 Å². The molecule has 2 amide bonds. The summed E-state index contributed by atoms with van der Waals surface area (Å²) in [5, 5.41) is 16.9. The minimum Gasteiger partial charge on any atom is -0.457 e. The van der Waals surface area contributed by atoms with Crippen molar-refractivity contribution >= 4 is 40.8 Å². The molecule has 12 nitrogen and oxygen atoms in total. The Morgan fingerprint density at radius 3 is 2.35 bits per heavy atom. The molecular weight excluding hydrogens is 864 g/mol. The topological polar surface area (TPSA) is 129 Å². The Morgan fingerprint density at radius 2 is 1.65 bits per heavy atom. The van der Waals surface area contributed by atoms with E-state index < -0.39 is 29.6 Å². The fourth-order valence-corrected chi connectivity index (χ4v) is 9.52. The summed E-state index contributed by atoms with van der Waals surface area (Å²) < 4.78 is 14.1. The molecule has 2 saturated heterocycles. The predicted octanol–water partition coefficient (Wildman–Crippen LogP) is 7.96. The summed E-state index contributed by atoms with van der Waals surface area (Å²) in [4.78, 5) is 54.2. The van der Waals surface area contributed by atoms with Crippen LogP contribution in [0.3, 0.4) is 0 Å². The third-order valence-electron chi connectivity index (χ3n) is 12.7. The second kappa shape index (κ2) is 21.5. The lowest BCUT2D eigenvalue weighted by atomic mass is 9.81. The molecule has 344 valence electrons. The molecule has 4 aromatic carbocycles. The van der Waals surface area contributed by atoms with Gasteiger partial charge in [0.1, 0.15) is 23.6 Å². The zero-order chi connectivity index (χ0) is 46.3. The number of aliphatic hydroxyl groups is 1. The van der Waals surface area contributed by atoms with Crippen LogP contribution in [0.25, 0.3) is 11.3 Å². The van der Waals surface area contributed by atoms with Crippen molar-refractivity contribution < 1.29 is 29.0 Å². The van der Waals surface area contributed by atoms with E-state index in [2.05, 4.69) is 19.8 Å². The van der Waals surface area contributed by atoms with Crippen LogP contribution in [0.2, 0.25) is 10.0 Å². The third-order valence-corrected chi connectivity index (χ3v) is 13.2. The fourth-order valence-electron chi connectivity index (χ4n) is 9.23. The summed E-state index contributed by atoms with van der Waals surface area (Å²) in [6, 6.07) is 29.4. The number of nitrogens with one attached hydrogen (secondary N) is 1. The Bertz CT molecular complexity index is 2410. The molecule has 0 radical (unpaired) electrons. The minimum atomic E-state index is -1.24. The van der Waals surface area contributed by atoms with Gasteiger partial charge in [0, 0.05) is 67.3 Å². The molecule has 65 heavy (non-hydrogen) atoms. The van der Waals surface area contributed by atoms with Gasteiger partial charge in [-0.25, -0.2) is 4.98 Å². The van der Waals surface area contributed by atoms with Crippen molar-refractivity contribution in [3.05, 3.63) is 136 Å². The van der Waals surface area contributed by atoms with Gasteiger partial charge in [-0.2, -0.15) is 0 Å². The van der Waals surface area contributed by atoms with E-state index in [4.69, 9.17) is 32.7 Å². The molecule has 14 heteroatoms. The first-order chi connectivity index (χ1) is 31.2. The van der Waals surface area contributed by atoms with Gasteiger partial charge in [-0.1, -0.05) is 71.7 Å². The molecule has 2 aliphatic heterocycles. The van der Waals surface area contributed by atoms with Crippen LogP contribution < -0.4 is 10.1 Å². The smallest absolute Gasteiger partial charge is 0.226 e.